The monoisotopic (exact) mass is 393 g/mol. The van der Waals surface area contributed by atoms with Gasteiger partial charge in [-0.3, -0.25) is 4.90 Å². The van der Waals surface area contributed by atoms with Gasteiger partial charge < -0.3 is 4.74 Å². The third-order valence-electron chi connectivity index (χ3n) is 5.41. The van der Waals surface area contributed by atoms with E-state index in [1.165, 1.54) is 0 Å². The minimum atomic E-state index is -3.51. The molecule has 0 bridgehead atoms. The maximum absolute atomic E-state index is 12.8. The molecule has 0 aliphatic carbocycles. The number of hydrogen-bond donors (Lipinski definition) is 0. The fourth-order valence-corrected chi connectivity index (χ4v) is 5.41. The van der Waals surface area contributed by atoms with E-state index in [1.54, 1.807) is 36.4 Å². The Morgan fingerprint density at radius 3 is 2.50 bits per heavy atom. The molecule has 1 fully saturated rings. The number of benzene rings is 2. The quantitative estimate of drug-likeness (QED) is 0.793. The zero-order valence-electron chi connectivity index (χ0n) is 15.0. The van der Waals surface area contributed by atoms with Crippen molar-refractivity contribution in [3.63, 3.8) is 0 Å². The Labute approximate surface area is 161 Å². The van der Waals surface area contributed by atoms with Crippen molar-refractivity contribution in [3.8, 4) is 5.75 Å². The van der Waals surface area contributed by atoms with Gasteiger partial charge in [0.1, 0.15) is 12.4 Å². The van der Waals surface area contributed by atoms with Gasteiger partial charge in [0.05, 0.1) is 15.8 Å². The maximum Gasteiger partial charge on any atom is 0.206 e. The Morgan fingerprint density at radius 1 is 1.08 bits per heavy atom. The summed E-state index contributed by atoms with van der Waals surface area (Å²) in [6.45, 7) is 6.13. The van der Waals surface area contributed by atoms with Crippen molar-refractivity contribution in [1.82, 2.24) is 4.90 Å². The van der Waals surface area contributed by atoms with Gasteiger partial charge in [0, 0.05) is 12.0 Å². The molecule has 2 aromatic carbocycles. The van der Waals surface area contributed by atoms with E-state index in [2.05, 4.69) is 18.7 Å². The first-order valence-electron chi connectivity index (χ1n) is 8.81. The highest BCUT2D eigenvalue weighted by molar-refractivity contribution is 7.91. The normalized spacial score (nSPS) is 22.3. The number of likely N-dealkylation sites (tertiary alicyclic amines) is 1. The molecule has 0 N–H and O–H groups in total. The predicted molar refractivity (Wildman–Crippen MR) is 104 cm³/mol. The van der Waals surface area contributed by atoms with Crippen LogP contribution in [0.3, 0.4) is 0 Å². The molecule has 2 aliphatic heterocycles. The molecule has 2 atom stereocenters. The molecular formula is C20H24ClNO3S. The Kier molecular flexibility index (Phi) is 5.33. The highest BCUT2D eigenvalue weighted by Gasteiger charge is 2.41. The number of nitrogens with zero attached hydrogens (tertiary/aromatic N) is 1. The van der Waals surface area contributed by atoms with Gasteiger partial charge in [-0.2, -0.15) is 0 Å². The number of fused-ring (bicyclic) bond motifs is 3. The van der Waals surface area contributed by atoms with Gasteiger partial charge in [-0.15, -0.1) is 12.4 Å². The Morgan fingerprint density at radius 2 is 1.81 bits per heavy atom. The summed E-state index contributed by atoms with van der Waals surface area (Å²) in [4.78, 5) is 3.10. The first-order chi connectivity index (χ1) is 12.0. The molecule has 0 amide bonds. The van der Waals surface area contributed by atoms with Crippen molar-refractivity contribution >= 4 is 22.2 Å². The lowest BCUT2D eigenvalue weighted by Gasteiger charge is -2.35. The van der Waals surface area contributed by atoms with E-state index in [1.807, 2.05) is 12.1 Å². The second-order valence-corrected chi connectivity index (χ2v) is 9.07. The Bertz CT molecular complexity index is 883. The maximum atomic E-state index is 12.8. The van der Waals surface area contributed by atoms with Crippen LogP contribution in [0.15, 0.2) is 58.3 Å². The van der Waals surface area contributed by atoms with Crippen LogP contribution in [-0.2, 0) is 9.84 Å². The Hall–Kier alpha value is -1.56. The van der Waals surface area contributed by atoms with Gasteiger partial charge in [-0.25, -0.2) is 8.42 Å². The van der Waals surface area contributed by atoms with Crippen LogP contribution in [-0.4, -0.2) is 38.6 Å². The van der Waals surface area contributed by atoms with E-state index in [4.69, 9.17) is 4.74 Å². The van der Waals surface area contributed by atoms with Crippen LogP contribution in [0.4, 0.5) is 0 Å². The van der Waals surface area contributed by atoms with Crippen molar-refractivity contribution in [2.24, 2.45) is 0 Å². The van der Waals surface area contributed by atoms with E-state index in [0.29, 0.717) is 34.4 Å². The summed E-state index contributed by atoms with van der Waals surface area (Å²) in [5, 5.41) is 0. The summed E-state index contributed by atoms with van der Waals surface area (Å²) in [5.41, 5.74) is 1.14. The van der Waals surface area contributed by atoms with Gasteiger partial charge in [0.15, 0.2) is 0 Å². The van der Waals surface area contributed by atoms with Crippen LogP contribution in [0.1, 0.15) is 31.7 Å². The highest BCUT2D eigenvalue weighted by Crippen LogP contribution is 2.43. The van der Waals surface area contributed by atoms with Crippen LogP contribution >= 0.6 is 12.4 Å². The molecule has 4 nitrogen and oxygen atoms in total. The number of ether oxygens (including phenoxy) is 1. The second kappa shape index (κ2) is 7.22. The minimum absolute atomic E-state index is 0. The molecule has 2 heterocycles. The molecule has 2 aromatic rings. The molecular weight excluding hydrogens is 370 g/mol. The largest absolute Gasteiger partial charge is 0.492 e. The average molecular weight is 394 g/mol. The molecule has 4 rings (SSSR count). The van der Waals surface area contributed by atoms with Gasteiger partial charge in [-0.05, 0) is 56.6 Å². The second-order valence-electron chi connectivity index (χ2n) is 7.12. The van der Waals surface area contributed by atoms with Crippen LogP contribution in [0, 0.1) is 0 Å². The predicted octanol–water partition coefficient (Wildman–Crippen LogP) is 3.90. The number of hydrogen-bond acceptors (Lipinski definition) is 4. The molecule has 140 valence electrons. The molecule has 2 aliphatic rings. The first kappa shape index (κ1) is 19.2. The molecule has 0 radical (unpaired) electrons. The molecule has 0 aromatic heterocycles. The van der Waals surface area contributed by atoms with Crippen LogP contribution < -0.4 is 4.74 Å². The molecule has 0 saturated carbocycles. The average Bonchev–Trinajstić information content (AvgIpc) is 3.06. The van der Waals surface area contributed by atoms with Gasteiger partial charge >= 0.3 is 0 Å². The molecule has 1 saturated heterocycles. The first-order valence-corrected chi connectivity index (χ1v) is 10.3. The van der Waals surface area contributed by atoms with Gasteiger partial charge in [0.2, 0.25) is 9.84 Å². The van der Waals surface area contributed by atoms with E-state index in [9.17, 15) is 8.42 Å². The lowest BCUT2D eigenvalue weighted by atomic mass is 9.89. The van der Waals surface area contributed by atoms with Crippen molar-refractivity contribution in [2.45, 2.75) is 48.1 Å². The van der Waals surface area contributed by atoms with E-state index < -0.39 is 9.84 Å². The van der Waals surface area contributed by atoms with Crippen molar-refractivity contribution in [3.05, 3.63) is 54.1 Å². The zero-order valence-corrected chi connectivity index (χ0v) is 16.6. The fourth-order valence-electron chi connectivity index (χ4n) is 4.12. The smallest absolute Gasteiger partial charge is 0.206 e. The summed E-state index contributed by atoms with van der Waals surface area (Å²) in [6.07, 6.45) is 1.10. The molecule has 2 unspecified atom stereocenters. The number of rotatable bonds is 3. The summed E-state index contributed by atoms with van der Waals surface area (Å²) >= 11 is 0. The number of sulfone groups is 1. The summed E-state index contributed by atoms with van der Waals surface area (Å²) in [7, 11) is -3.51. The van der Waals surface area contributed by atoms with Crippen molar-refractivity contribution < 1.29 is 13.2 Å². The molecule has 26 heavy (non-hydrogen) atoms. The Balaban J connectivity index is 0.00000196. The van der Waals surface area contributed by atoms with Crippen molar-refractivity contribution in [2.75, 3.05) is 13.2 Å². The minimum Gasteiger partial charge on any atom is -0.492 e. The van der Waals surface area contributed by atoms with Crippen LogP contribution in [0.5, 0.6) is 5.75 Å². The fraction of sp³-hybridized carbons (Fsp3) is 0.400. The lowest BCUT2D eigenvalue weighted by Crippen LogP contribution is -2.43. The van der Waals surface area contributed by atoms with Crippen LogP contribution in [0.2, 0.25) is 0 Å². The van der Waals surface area contributed by atoms with Gasteiger partial charge in [0.25, 0.3) is 0 Å². The van der Waals surface area contributed by atoms with E-state index in [-0.39, 0.29) is 12.4 Å². The standard InChI is InChI=1S/C20H23NO3S.ClH/c1-14(2)21-11-10-17-18-9-8-16(12-20(18)24-13-19(17)21)25(22,23)15-6-4-3-5-7-15;/h3-9,12,14,17,19H,10-11,13H2,1-2H3;1H. The van der Waals surface area contributed by atoms with E-state index in [0.717, 1.165) is 24.3 Å². The SMILES string of the molecule is CC(C)N1CCC2c3ccc(S(=O)(=O)c4ccccc4)cc3OCC21.Cl. The van der Waals surface area contributed by atoms with Crippen molar-refractivity contribution in [1.29, 1.82) is 0 Å². The molecule has 6 heteroatoms. The third-order valence-corrected chi connectivity index (χ3v) is 7.18. The summed E-state index contributed by atoms with van der Waals surface area (Å²) in [5.74, 6) is 1.16. The molecule has 0 spiro atoms. The topological polar surface area (TPSA) is 46.6 Å². The van der Waals surface area contributed by atoms with Gasteiger partial charge in [-0.1, -0.05) is 24.3 Å². The lowest BCUT2D eigenvalue weighted by molar-refractivity contribution is 0.122. The van der Waals surface area contributed by atoms with E-state index >= 15 is 0 Å². The third kappa shape index (κ3) is 3.13. The highest BCUT2D eigenvalue weighted by atomic mass is 35.5. The van der Waals surface area contributed by atoms with Crippen LogP contribution in [0.25, 0.3) is 0 Å². The summed E-state index contributed by atoms with van der Waals surface area (Å²) < 4.78 is 31.6. The summed E-state index contributed by atoms with van der Waals surface area (Å²) in [6, 6.07) is 14.8. The zero-order chi connectivity index (χ0) is 17.6. The number of halogens is 1.